The second-order valence-electron chi connectivity index (χ2n) is 5.38. The zero-order valence-corrected chi connectivity index (χ0v) is 13.9. The summed E-state index contributed by atoms with van der Waals surface area (Å²) < 4.78 is 1.55. The highest BCUT2D eigenvalue weighted by Crippen LogP contribution is 2.28. The van der Waals surface area contributed by atoms with Crippen molar-refractivity contribution in [3.63, 3.8) is 0 Å². The van der Waals surface area contributed by atoms with Gasteiger partial charge in [0.15, 0.2) is 0 Å². The van der Waals surface area contributed by atoms with Crippen LogP contribution in [0.15, 0.2) is 49.1 Å². The van der Waals surface area contributed by atoms with Gasteiger partial charge in [-0.25, -0.2) is 14.8 Å². The van der Waals surface area contributed by atoms with Crippen LogP contribution < -0.4 is 4.90 Å². The third kappa shape index (κ3) is 3.18. The van der Waals surface area contributed by atoms with E-state index in [0.717, 1.165) is 0 Å². The SMILES string of the molecule is CCN(c1ncnn1-c1ncccn1)C(C)c1ccccc1C(=O)O. The Morgan fingerprint density at radius 3 is 2.60 bits per heavy atom. The fourth-order valence-corrected chi connectivity index (χ4v) is 2.79. The van der Waals surface area contributed by atoms with E-state index >= 15 is 0 Å². The summed E-state index contributed by atoms with van der Waals surface area (Å²) in [6, 6.07) is 8.48. The number of carboxylic acids is 1. The van der Waals surface area contributed by atoms with Crippen molar-refractivity contribution in [3.8, 4) is 5.95 Å². The Bertz CT molecular complexity index is 864. The van der Waals surface area contributed by atoms with Gasteiger partial charge in [-0.15, -0.1) is 0 Å². The lowest BCUT2D eigenvalue weighted by Gasteiger charge is -2.29. The Balaban J connectivity index is 2.02. The zero-order chi connectivity index (χ0) is 17.8. The van der Waals surface area contributed by atoms with Crippen molar-refractivity contribution in [2.75, 3.05) is 11.4 Å². The highest BCUT2D eigenvalue weighted by atomic mass is 16.4. The highest BCUT2D eigenvalue weighted by Gasteiger charge is 2.24. The van der Waals surface area contributed by atoms with Crippen LogP contribution in [0.4, 0.5) is 5.95 Å². The fraction of sp³-hybridized carbons (Fsp3) is 0.235. The van der Waals surface area contributed by atoms with Gasteiger partial charge in [-0.1, -0.05) is 18.2 Å². The number of carbonyl (C=O) groups is 1. The number of hydrogen-bond acceptors (Lipinski definition) is 6. The second kappa shape index (κ2) is 7.08. The van der Waals surface area contributed by atoms with E-state index < -0.39 is 5.97 Å². The fourth-order valence-electron chi connectivity index (χ4n) is 2.79. The van der Waals surface area contributed by atoms with Crippen molar-refractivity contribution in [1.82, 2.24) is 24.7 Å². The molecule has 1 N–H and O–H groups in total. The number of carboxylic acid groups (broad SMARTS) is 1. The molecular weight excluding hydrogens is 320 g/mol. The predicted molar refractivity (Wildman–Crippen MR) is 91.8 cm³/mol. The Morgan fingerprint density at radius 1 is 1.20 bits per heavy atom. The van der Waals surface area contributed by atoms with Crippen molar-refractivity contribution in [2.24, 2.45) is 0 Å². The van der Waals surface area contributed by atoms with E-state index in [4.69, 9.17) is 0 Å². The molecule has 2 heterocycles. The van der Waals surface area contributed by atoms with Gasteiger partial charge in [0.05, 0.1) is 11.6 Å². The monoisotopic (exact) mass is 338 g/mol. The molecule has 1 unspecified atom stereocenters. The first-order valence-electron chi connectivity index (χ1n) is 7.89. The van der Waals surface area contributed by atoms with Crippen LogP contribution >= 0.6 is 0 Å². The molecule has 0 radical (unpaired) electrons. The summed E-state index contributed by atoms with van der Waals surface area (Å²) >= 11 is 0. The van der Waals surface area contributed by atoms with Crippen LogP contribution in [0.5, 0.6) is 0 Å². The van der Waals surface area contributed by atoms with Crippen LogP contribution in [0.2, 0.25) is 0 Å². The van der Waals surface area contributed by atoms with E-state index in [2.05, 4.69) is 20.1 Å². The van der Waals surface area contributed by atoms with Crippen molar-refractivity contribution < 1.29 is 9.90 Å². The van der Waals surface area contributed by atoms with E-state index in [1.165, 1.54) is 6.33 Å². The van der Waals surface area contributed by atoms with Gasteiger partial charge in [-0.3, -0.25) is 0 Å². The van der Waals surface area contributed by atoms with Gasteiger partial charge < -0.3 is 10.0 Å². The van der Waals surface area contributed by atoms with Gasteiger partial charge in [0, 0.05) is 18.9 Å². The number of aromatic nitrogens is 5. The highest BCUT2D eigenvalue weighted by molar-refractivity contribution is 5.89. The number of benzene rings is 1. The number of nitrogens with zero attached hydrogens (tertiary/aromatic N) is 6. The average Bonchev–Trinajstić information content (AvgIpc) is 3.12. The maximum Gasteiger partial charge on any atom is 0.336 e. The van der Waals surface area contributed by atoms with Crippen LogP contribution in [0.25, 0.3) is 5.95 Å². The molecule has 0 bridgehead atoms. The number of rotatable bonds is 6. The lowest BCUT2D eigenvalue weighted by Crippen LogP contribution is -2.30. The molecule has 1 atom stereocenters. The number of anilines is 1. The Labute approximate surface area is 144 Å². The maximum absolute atomic E-state index is 11.5. The molecule has 0 saturated carbocycles. The molecule has 0 saturated heterocycles. The van der Waals surface area contributed by atoms with E-state index in [1.807, 2.05) is 30.9 Å². The molecular formula is C17H18N6O2. The third-order valence-corrected chi connectivity index (χ3v) is 3.98. The van der Waals surface area contributed by atoms with Crippen LogP contribution in [0.1, 0.15) is 35.8 Å². The first kappa shape index (κ1) is 16.6. The quantitative estimate of drug-likeness (QED) is 0.736. The molecule has 0 spiro atoms. The molecule has 0 fully saturated rings. The van der Waals surface area contributed by atoms with Crippen molar-refractivity contribution in [1.29, 1.82) is 0 Å². The average molecular weight is 338 g/mol. The Kier molecular flexibility index (Phi) is 4.69. The molecule has 0 amide bonds. The smallest absolute Gasteiger partial charge is 0.336 e. The van der Waals surface area contributed by atoms with Gasteiger partial charge in [0.1, 0.15) is 6.33 Å². The van der Waals surface area contributed by atoms with Gasteiger partial charge in [-0.05, 0) is 31.5 Å². The third-order valence-electron chi connectivity index (χ3n) is 3.98. The largest absolute Gasteiger partial charge is 0.478 e. The molecule has 8 nitrogen and oxygen atoms in total. The minimum atomic E-state index is -0.952. The Hall–Kier alpha value is -3.29. The van der Waals surface area contributed by atoms with Crippen molar-refractivity contribution in [2.45, 2.75) is 19.9 Å². The van der Waals surface area contributed by atoms with Crippen molar-refractivity contribution >= 4 is 11.9 Å². The molecule has 25 heavy (non-hydrogen) atoms. The van der Waals surface area contributed by atoms with Gasteiger partial charge >= 0.3 is 5.97 Å². The molecule has 2 aromatic heterocycles. The van der Waals surface area contributed by atoms with E-state index in [-0.39, 0.29) is 11.6 Å². The molecule has 3 rings (SSSR count). The predicted octanol–water partition coefficient (Wildman–Crippen LogP) is 2.34. The second-order valence-corrected chi connectivity index (χ2v) is 5.38. The van der Waals surface area contributed by atoms with Crippen LogP contribution in [-0.2, 0) is 0 Å². The standard InChI is InChI=1S/C17H18N6O2/c1-3-22(12(2)13-7-4-5-8-14(13)15(24)25)17-20-11-21-23(17)16-18-9-6-10-19-16/h4-12H,3H2,1-2H3,(H,24,25). The summed E-state index contributed by atoms with van der Waals surface area (Å²) in [7, 11) is 0. The molecule has 0 aliphatic rings. The van der Waals surface area contributed by atoms with Crippen LogP contribution in [-0.4, -0.2) is 42.4 Å². The topological polar surface area (TPSA) is 97.0 Å². The molecule has 3 aromatic rings. The van der Waals surface area contributed by atoms with E-state index in [9.17, 15) is 9.90 Å². The Morgan fingerprint density at radius 2 is 1.92 bits per heavy atom. The molecule has 8 heteroatoms. The summed E-state index contributed by atoms with van der Waals surface area (Å²) in [6.45, 7) is 4.53. The molecule has 1 aromatic carbocycles. The summed E-state index contributed by atoms with van der Waals surface area (Å²) in [5.41, 5.74) is 0.982. The number of aromatic carboxylic acids is 1. The van der Waals surface area contributed by atoms with E-state index in [0.29, 0.717) is 24.0 Å². The van der Waals surface area contributed by atoms with Gasteiger partial charge in [0.2, 0.25) is 5.95 Å². The molecule has 128 valence electrons. The van der Waals surface area contributed by atoms with Crippen molar-refractivity contribution in [3.05, 3.63) is 60.2 Å². The lowest BCUT2D eigenvalue weighted by molar-refractivity contribution is 0.0695. The first-order valence-corrected chi connectivity index (χ1v) is 7.89. The molecule has 0 aliphatic heterocycles. The minimum Gasteiger partial charge on any atom is -0.478 e. The minimum absolute atomic E-state index is 0.219. The zero-order valence-electron chi connectivity index (χ0n) is 13.9. The van der Waals surface area contributed by atoms with Crippen LogP contribution in [0, 0.1) is 0 Å². The number of hydrogen-bond donors (Lipinski definition) is 1. The summed E-state index contributed by atoms with van der Waals surface area (Å²) in [5, 5.41) is 13.7. The lowest BCUT2D eigenvalue weighted by atomic mass is 10.0. The maximum atomic E-state index is 11.5. The first-order chi connectivity index (χ1) is 12.1. The van der Waals surface area contributed by atoms with Gasteiger partial charge in [-0.2, -0.15) is 14.8 Å². The summed E-state index contributed by atoms with van der Waals surface area (Å²) in [5.74, 6) is 0.0138. The normalized spacial score (nSPS) is 11.9. The summed E-state index contributed by atoms with van der Waals surface area (Å²) in [4.78, 5) is 26.2. The molecule has 0 aliphatic carbocycles. The van der Waals surface area contributed by atoms with Gasteiger partial charge in [0.25, 0.3) is 5.95 Å². The van der Waals surface area contributed by atoms with E-state index in [1.54, 1.807) is 35.3 Å². The van der Waals surface area contributed by atoms with Crippen LogP contribution in [0.3, 0.4) is 0 Å². The summed E-state index contributed by atoms with van der Waals surface area (Å²) in [6.07, 6.45) is 4.70.